The molecule has 0 aliphatic carbocycles. The molecule has 2 heterocycles. The van der Waals surface area contributed by atoms with E-state index in [4.69, 9.17) is 25.8 Å². The number of hydrazone groups is 1. The monoisotopic (exact) mass is 478 g/mol. The van der Waals surface area contributed by atoms with Gasteiger partial charge in [0.1, 0.15) is 10.6 Å². The van der Waals surface area contributed by atoms with Gasteiger partial charge in [0, 0.05) is 10.1 Å². The van der Waals surface area contributed by atoms with Crippen molar-refractivity contribution in [1.29, 1.82) is 0 Å². The second-order valence-electron chi connectivity index (χ2n) is 6.97. The lowest BCUT2D eigenvalue weighted by Gasteiger charge is -2.06. The number of amides is 1. The first-order valence-corrected chi connectivity index (χ1v) is 11.0. The molecule has 0 fully saturated rings. The van der Waals surface area contributed by atoms with Crippen LogP contribution in [0.2, 0.25) is 5.02 Å². The number of ether oxygens (including phenoxy) is 3. The van der Waals surface area contributed by atoms with E-state index in [1.54, 1.807) is 42.5 Å². The molecule has 5 rings (SSSR count). The average molecular weight is 479 g/mol. The molecule has 0 unspecified atom stereocenters. The van der Waals surface area contributed by atoms with Crippen LogP contribution in [-0.2, 0) is 0 Å². The van der Waals surface area contributed by atoms with Gasteiger partial charge in [-0.25, -0.2) is 10.2 Å². The minimum atomic E-state index is -0.532. The molecule has 7 nitrogen and oxygen atoms in total. The zero-order valence-electron chi connectivity index (χ0n) is 16.9. The van der Waals surface area contributed by atoms with Crippen molar-refractivity contribution in [2.75, 3.05) is 6.79 Å². The molecule has 1 aromatic heterocycles. The van der Waals surface area contributed by atoms with Gasteiger partial charge in [-0.2, -0.15) is 5.10 Å². The summed E-state index contributed by atoms with van der Waals surface area (Å²) >= 11 is 7.63. The van der Waals surface area contributed by atoms with Crippen molar-refractivity contribution in [2.24, 2.45) is 5.10 Å². The number of halogens is 1. The number of hydrogen-bond acceptors (Lipinski definition) is 7. The number of carbonyl (C=O) groups is 2. The molecule has 164 valence electrons. The van der Waals surface area contributed by atoms with Gasteiger partial charge in [0.25, 0.3) is 5.91 Å². The first kappa shape index (κ1) is 21.0. The predicted octanol–water partition coefficient (Wildman–Crippen LogP) is 5.27. The van der Waals surface area contributed by atoms with Crippen LogP contribution >= 0.6 is 22.9 Å². The smallest absolute Gasteiger partial charge is 0.343 e. The summed E-state index contributed by atoms with van der Waals surface area (Å²) in [6.07, 6.45) is 1.46. The molecule has 9 heteroatoms. The molecule has 1 aliphatic rings. The Morgan fingerprint density at radius 2 is 1.88 bits per heavy atom. The van der Waals surface area contributed by atoms with Crippen LogP contribution in [-0.4, -0.2) is 24.9 Å². The van der Waals surface area contributed by atoms with Gasteiger partial charge in [-0.05, 0) is 42.0 Å². The Morgan fingerprint density at radius 1 is 1.03 bits per heavy atom. The number of nitrogens with zero attached hydrogens (tertiary/aromatic N) is 1. The van der Waals surface area contributed by atoms with Gasteiger partial charge in [-0.15, -0.1) is 11.3 Å². The summed E-state index contributed by atoms with van der Waals surface area (Å²) in [5.74, 6) is 0.488. The van der Waals surface area contributed by atoms with Crippen LogP contribution in [0.25, 0.3) is 10.1 Å². The van der Waals surface area contributed by atoms with E-state index in [9.17, 15) is 9.59 Å². The van der Waals surface area contributed by atoms with Crippen molar-refractivity contribution < 1.29 is 23.8 Å². The molecule has 4 aromatic rings. The standard InChI is InChI=1S/C24H15ClN2O5S/c25-21-17-6-1-2-7-20(17)33-22(21)23(28)27-26-12-14-4-3-5-16(10-14)32-24(29)15-8-9-18-19(11-15)31-13-30-18/h1-12H,13H2,(H,27,28)/b26-12+. The van der Waals surface area contributed by atoms with E-state index in [2.05, 4.69) is 10.5 Å². The molecule has 0 spiro atoms. The van der Waals surface area contributed by atoms with E-state index in [1.165, 1.54) is 17.6 Å². The van der Waals surface area contributed by atoms with Gasteiger partial charge in [0.2, 0.25) is 6.79 Å². The molecule has 0 atom stereocenters. The Balaban J connectivity index is 1.25. The summed E-state index contributed by atoms with van der Waals surface area (Å²) in [4.78, 5) is 25.3. The largest absolute Gasteiger partial charge is 0.454 e. The first-order chi connectivity index (χ1) is 16.1. The minimum absolute atomic E-state index is 0.126. The maximum Gasteiger partial charge on any atom is 0.343 e. The van der Waals surface area contributed by atoms with E-state index < -0.39 is 11.9 Å². The number of rotatable bonds is 5. The fourth-order valence-corrected chi connectivity index (χ4v) is 4.63. The maximum absolute atomic E-state index is 12.5. The molecule has 0 bridgehead atoms. The Labute approximate surface area is 197 Å². The topological polar surface area (TPSA) is 86.2 Å². The summed E-state index contributed by atoms with van der Waals surface area (Å²) in [6.45, 7) is 0.126. The number of fused-ring (bicyclic) bond motifs is 2. The molecule has 0 saturated carbocycles. The first-order valence-electron chi connectivity index (χ1n) is 9.81. The van der Waals surface area contributed by atoms with E-state index in [1.807, 2.05) is 24.3 Å². The summed E-state index contributed by atoms with van der Waals surface area (Å²) < 4.78 is 16.9. The summed E-state index contributed by atoms with van der Waals surface area (Å²) in [7, 11) is 0. The van der Waals surface area contributed by atoms with Crippen LogP contribution in [0.1, 0.15) is 25.6 Å². The molecular formula is C24H15ClN2O5S. The second kappa shape index (κ2) is 8.93. The van der Waals surface area contributed by atoms with E-state index in [0.29, 0.717) is 38.3 Å². The van der Waals surface area contributed by atoms with E-state index >= 15 is 0 Å². The highest BCUT2D eigenvalue weighted by atomic mass is 35.5. The fourth-order valence-electron chi connectivity index (χ4n) is 3.22. The summed E-state index contributed by atoms with van der Waals surface area (Å²) in [5, 5.41) is 5.23. The molecular weight excluding hydrogens is 464 g/mol. The minimum Gasteiger partial charge on any atom is -0.454 e. The molecule has 1 amide bonds. The van der Waals surface area contributed by atoms with Crippen LogP contribution in [0.15, 0.2) is 71.8 Å². The Hall–Kier alpha value is -3.88. The van der Waals surface area contributed by atoms with Gasteiger partial charge in [0.15, 0.2) is 11.5 Å². The predicted molar refractivity (Wildman–Crippen MR) is 126 cm³/mol. The molecule has 1 aliphatic heterocycles. The van der Waals surface area contributed by atoms with Crippen molar-refractivity contribution >= 4 is 51.1 Å². The lowest BCUT2D eigenvalue weighted by Crippen LogP contribution is -2.16. The molecule has 33 heavy (non-hydrogen) atoms. The third-order valence-electron chi connectivity index (χ3n) is 4.80. The molecule has 1 N–H and O–H groups in total. The maximum atomic E-state index is 12.5. The Bertz CT molecular complexity index is 1420. The number of esters is 1. The van der Waals surface area contributed by atoms with Gasteiger partial charge >= 0.3 is 5.97 Å². The zero-order valence-corrected chi connectivity index (χ0v) is 18.5. The molecule has 0 saturated heterocycles. The Morgan fingerprint density at radius 3 is 2.76 bits per heavy atom. The highest BCUT2D eigenvalue weighted by Gasteiger charge is 2.18. The third-order valence-corrected chi connectivity index (χ3v) is 6.47. The van der Waals surface area contributed by atoms with Crippen LogP contribution < -0.4 is 19.6 Å². The molecule has 3 aromatic carbocycles. The third kappa shape index (κ3) is 4.39. The van der Waals surface area contributed by atoms with E-state index in [0.717, 1.165) is 10.1 Å². The average Bonchev–Trinajstić information content (AvgIpc) is 3.43. The van der Waals surface area contributed by atoms with Crippen molar-refractivity contribution in [3.8, 4) is 17.2 Å². The van der Waals surface area contributed by atoms with Crippen molar-refractivity contribution in [3.63, 3.8) is 0 Å². The second-order valence-corrected chi connectivity index (χ2v) is 8.40. The summed E-state index contributed by atoms with van der Waals surface area (Å²) in [5.41, 5.74) is 3.45. The van der Waals surface area contributed by atoms with E-state index in [-0.39, 0.29) is 6.79 Å². The Kier molecular flexibility index (Phi) is 5.68. The fraction of sp³-hybridized carbons (Fsp3) is 0.0417. The molecule has 0 radical (unpaired) electrons. The van der Waals surface area contributed by atoms with Crippen molar-refractivity contribution in [1.82, 2.24) is 5.43 Å². The van der Waals surface area contributed by atoms with Gasteiger partial charge < -0.3 is 14.2 Å². The SMILES string of the molecule is O=C(Oc1cccc(/C=N/NC(=O)c2sc3ccccc3c2Cl)c1)c1ccc2c(c1)OCO2. The van der Waals surface area contributed by atoms with Gasteiger partial charge in [-0.3, -0.25) is 4.79 Å². The highest BCUT2D eigenvalue weighted by molar-refractivity contribution is 7.21. The number of hydrogen-bond donors (Lipinski definition) is 1. The lowest BCUT2D eigenvalue weighted by atomic mass is 10.2. The van der Waals surface area contributed by atoms with Crippen LogP contribution in [0, 0.1) is 0 Å². The number of carbonyl (C=O) groups excluding carboxylic acids is 2. The van der Waals surface area contributed by atoms with Crippen LogP contribution in [0.3, 0.4) is 0 Å². The van der Waals surface area contributed by atoms with Crippen molar-refractivity contribution in [2.45, 2.75) is 0 Å². The number of benzene rings is 3. The number of thiophene rings is 1. The van der Waals surface area contributed by atoms with Crippen LogP contribution in [0.4, 0.5) is 0 Å². The highest BCUT2D eigenvalue weighted by Crippen LogP contribution is 2.35. The van der Waals surface area contributed by atoms with Gasteiger partial charge in [-0.1, -0.05) is 41.9 Å². The van der Waals surface area contributed by atoms with Crippen LogP contribution in [0.5, 0.6) is 17.2 Å². The van der Waals surface area contributed by atoms with Crippen molar-refractivity contribution in [3.05, 3.63) is 87.8 Å². The zero-order chi connectivity index (χ0) is 22.8. The normalized spacial score (nSPS) is 12.3. The summed E-state index contributed by atoms with van der Waals surface area (Å²) in [6, 6.07) is 19.1. The quantitative estimate of drug-likeness (QED) is 0.183. The van der Waals surface area contributed by atoms with Gasteiger partial charge in [0.05, 0.1) is 16.8 Å². The lowest BCUT2D eigenvalue weighted by molar-refractivity contribution is 0.0734. The number of nitrogens with one attached hydrogen (secondary N) is 1.